The zero-order valence-electron chi connectivity index (χ0n) is 18.3. The minimum absolute atomic E-state index is 0.185. The second kappa shape index (κ2) is 8.35. The third-order valence-electron chi connectivity index (χ3n) is 5.94. The number of halogens is 1. The van der Waals surface area contributed by atoms with Crippen molar-refractivity contribution in [2.45, 2.75) is 26.7 Å². The molecule has 0 aliphatic carbocycles. The summed E-state index contributed by atoms with van der Waals surface area (Å²) in [4.78, 5) is 17.8. The van der Waals surface area contributed by atoms with Crippen molar-refractivity contribution in [1.29, 1.82) is 0 Å². The maximum atomic E-state index is 11.1. The van der Waals surface area contributed by atoms with Crippen LogP contribution in [0.25, 0.3) is 33.4 Å². The smallest absolute Gasteiger partial charge is 0.192 e. The third-order valence-corrected chi connectivity index (χ3v) is 5.94. The van der Waals surface area contributed by atoms with Gasteiger partial charge in [0.15, 0.2) is 11.5 Å². The third kappa shape index (κ3) is 3.98. The van der Waals surface area contributed by atoms with Crippen molar-refractivity contribution >= 4 is 28.0 Å². The Labute approximate surface area is 185 Å². The van der Waals surface area contributed by atoms with Gasteiger partial charge >= 0.3 is 0 Å². The second-order valence-corrected chi connectivity index (χ2v) is 8.31. The Morgan fingerprint density at radius 2 is 1.69 bits per heavy atom. The van der Waals surface area contributed by atoms with Gasteiger partial charge in [0, 0.05) is 44.2 Å². The summed E-state index contributed by atoms with van der Waals surface area (Å²) in [5, 5.41) is 10.7. The molecule has 4 aromatic rings. The first-order valence-corrected chi connectivity index (χ1v) is 10.9. The number of hydrogen-bond donors (Lipinski definition) is 1. The number of aromatic hydroxyl groups is 1. The van der Waals surface area contributed by atoms with E-state index < -0.39 is 0 Å². The normalized spacial score (nSPS) is 15.9. The number of rotatable bonds is 3. The van der Waals surface area contributed by atoms with Crippen LogP contribution in [0.15, 0.2) is 34.7 Å². The largest absolute Gasteiger partial charge is 0.507 e. The summed E-state index contributed by atoms with van der Waals surface area (Å²) < 4.78 is 16.8. The van der Waals surface area contributed by atoms with Gasteiger partial charge in [-0.15, -0.1) is 0 Å². The molecule has 0 spiro atoms. The van der Waals surface area contributed by atoms with E-state index >= 15 is 0 Å². The lowest BCUT2D eigenvalue weighted by atomic mass is 10.0. The van der Waals surface area contributed by atoms with Crippen LogP contribution < -0.4 is 4.90 Å². The maximum Gasteiger partial charge on any atom is 0.192 e. The van der Waals surface area contributed by atoms with Crippen molar-refractivity contribution in [1.82, 2.24) is 19.9 Å². The van der Waals surface area contributed by atoms with E-state index in [4.69, 9.17) is 14.4 Å². The SMILES string of the molecule is Cc1nc2c(C)c(O)c(-c3ccc4nc(N5CCCC5)ccc4n3)cc2o1.FCN1CC1. The van der Waals surface area contributed by atoms with Crippen molar-refractivity contribution in [2.24, 2.45) is 0 Å². The fourth-order valence-corrected chi connectivity index (χ4v) is 3.98. The highest BCUT2D eigenvalue weighted by molar-refractivity contribution is 5.89. The Morgan fingerprint density at radius 3 is 2.38 bits per heavy atom. The van der Waals surface area contributed by atoms with Gasteiger partial charge in [-0.05, 0) is 50.1 Å². The highest BCUT2D eigenvalue weighted by Gasteiger charge is 2.18. The van der Waals surface area contributed by atoms with Crippen LogP contribution >= 0.6 is 0 Å². The number of pyridine rings is 2. The van der Waals surface area contributed by atoms with Crippen molar-refractivity contribution < 1.29 is 13.9 Å². The van der Waals surface area contributed by atoms with Crippen LogP contribution in [-0.4, -0.2) is 57.9 Å². The Balaban J connectivity index is 0.000000383. The number of hydrogen-bond acceptors (Lipinski definition) is 7. The van der Waals surface area contributed by atoms with Gasteiger partial charge in [0.25, 0.3) is 0 Å². The molecule has 2 fully saturated rings. The summed E-state index contributed by atoms with van der Waals surface area (Å²) in [6.45, 7) is 7.46. The molecule has 0 bridgehead atoms. The number of benzene rings is 1. The molecule has 0 saturated carbocycles. The molecule has 1 aromatic carbocycles. The zero-order valence-corrected chi connectivity index (χ0v) is 18.3. The average Bonchev–Trinajstić information content (AvgIpc) is 3.34. The van der Waals surface area contributed by atoms with Crippen molar-refractivity contribution in [3.63, 3.8) is 0 Å². The van der Waals surface area contributed by atoms with E-state index in [0.29, 0.717) is 33.8 Å². The number of alkyl halides is 1. The van der Waals surface area contributed by atoms with Crippen LogP contribution in [0.5, 0.6) is 5.75 Å². The molecule has 166 valence electrons. The van der Waals surface area contributed by atoms with Gasteiger partial charge < -0.3 is 14.4 Å². The van der Waals surface area contributed by atoms with Crippen molar-refractivity contribution in [3.8, 4) is 17.0 Å². The van der Waals surface area contributed by atoms with Gasteiger partial charge in [-0.1, -0.05) is 0 Å². The van der Waals surface area contributed by atoms with Crippen LogP contribution in [0.1, 0.15) is 24.3 Å². The van der Waals surface area contributed by atoms with E-state index in [-0.39, 0.29) is 12.5 Å². The van der Waals surface area contributed by atoms with Gasteiger partial charge in [-0.2, -0.15) is 0 Å². The summed E-state index contributed by atoms with van der Waals surface area (Å²) in [5.74, 6) is 1.77. The van der Waals surface area contributed by atoms with Gasteiger partial charge in [0.1, 0.15) is 23.9 Å². The quantitative estimate of drug-likeness (QED) is 0.372. The summed E-state index contributed by atoms with van der Waals surface area (Å²) in [6, 6.07) is 9.69. The summed E-state index contributed by atoms with van der Waals surface area (Å²) in [5.41, 5.74) is 5.03. The molecule has 2 saturated heterocycles. The highest BCUT2D eigenvalue weighted by atomic mass is 19.1. The number of aryl methyl sites for hydroxylation is 2. The Morgan fingerprint density at radius 1 is 0.969 bits per heavy atom. The first-order chi connectivity index (χ1) is 15.5. The maximum absolute atomic E-state index is 11.1. The number of fused-ring (bicyclic) bond motifs is 2. The lowest BCUT2D eigenvalue weighted by Gasteiger charge is -2.16. The molecule has 2 aliphatic heterocycles. The predicted octanol–water partition coefficient (Wildman–Crippen LogP) is 4.59. The van der Waals surface area contributed by atoms with Gasteiger partial charge in [0.2, 0.25) is 0 Å². The molecule has 2 aliphatic rings. The molecule has 7 nitrogen and oxygen atoms in total. The summed E-state index contributed by atoms with van der Waals surface area (Å²) >= 11 is 0. The molecule has 32 heavy (non-hydrogen) atoms. The molecule has 8 heteroatoms. The van der Waals surface area contributed by atoms with E-state index in [1.54, 1.807) is 17.9 Å². The van der Waals surface area contributed by atoms with Crippen molar-refractivity contribution in [2.75, 3.05) is 37.9 Å². The van der Waals surface area contributed by atoms with Crippen molar-refractivity contribution in [3.05, 3.63) is 41.8 Å². The van der Waals surface area contributed by atoms with Crippen LogP contribution in [0, 0.1) is 13.8 Å². The topological polar surface area (TPSA) is 78.3 Å². The fourth-order valence-electron chi connectivity index (χ4n) is 3.98. The van der Waals surface area contributed by atoms with Gasteiger partial charge in [-0.25, -0.2) is 19.3 Å². The average molecular weight is 436 g/mol. The van der Waals surface area contributed by atoms with E-state index in [1.165, 1.54) is 12.8 Å². The van der Waals surface area contributed by atoms with E-state index in [9.17, 15) is 9.50 Å². The Bertz CT molecular complexity index is 1280. The Hall–Kier alpha value is -3.26. The van der Waals surface area contributed by atoms with Crippen LogP contribution in [0.4, 0.5) is 10.2 Å². The Kier molecular flexibility index (Phi) is 5.38. The summed E-state index contributed by atoms with van der Waals surface area (Å²) in [6.07, 6.45) is 2.44. The molecule has 5 heterocycles. The first-order valence-electron chi connectivity index (χ1n) is 10.9. The number of oxazole rings is 1. The number of aromatic nitrogens is 3. The number of nitrogens with zero attached hydrogens (tertiary/aromatic N) is 5. The van der Waals surface area contributed by atoms with Crippen LogP contribution in [0.2, 0.25) is 0 Å². The molecule has 6 rings (SSSR count). The lowest BCUT2D eigenvalue weighted by Crippen LogP contribution is -2.18. The monoisotopic (exact) mass is 435 g/mol. The molecular formula is C24H26FN5O2. The van der Waals surface area contributed by atoms with Gasteiger partial charge in [0.05, 0.1) is 16.7 Å². The summed E-state index contributed by atoms with van der Waals surface area (Å²) in [7, 11) is 0. The minimum Gasteiger partial charge on any atom is -0.507 e. The van der Waals surface area contributed by atoms with E-state index in [0.717, 1.165) is 43.0 Å². The molecule has 0 unspecified atom stereocenters. The molecule has 1 N–H and O–H groups in total. The van der Waals surface area contributed by atoms with Crippen LogP contribution in [-0.2, 0) is 0 Å². The molecule has 0 amide bonds. The van der Waals surface area contributed by atoms with Crippen LogP contribution in [0.3, 0.4) is 0 Å². The predicted molar refractivity (Wildman–Crippen MR) is 123 cm³/mol. The standard InChI is InChI=1S/C21H20N4O2.C3H6FN/c1-12-20-18(27-13(2)22-20)11-14(21(12)26)15-5-6-17-16(23-15)7-8-19(24-17)25-9-3-4-10-25;4-3-5-1-2-5/h5-8,11,26H,3-4,9-10H2,1-2H3;1-3H2. The number of anilines is 1. The fraction of sp³-hybridized carbons (Fsp3) is 0.375. The highest BCUT2D eigenvalue weighted by Crippen LogP contribution is 2.37. The zero-order chi connectivity index (χ0) is 22.2. The van der Waals surface area contributed by atoms with Gasteiger partial charge in [-0.3, -0.25) is 4.90 Å². The molecule has 0 atom stereocenters. The molecule has 3 aromatic heterocycles. The van der Waals surface area contributed by atoms with E-state index in [2.05, 4.69) is 9.88 Å². The number of phenolic OH excluding ortho intramolecular Hbond substituents is 1. The molecule has 0 radical (unpaired) electrons. The second-order valence-electron chi connectivity index (χ2n) is 8.31. The minimum atomic E-state index is -0.250. The number of phenols is 1. The lowest BCUT2D eigenvalue weighted by molar-refractivity contribution is 0.344. The first kappa shape index (κ1) is 20.6. The van der Waals surface area contributed by atoms with E-state index in [1.807, 2.05) is 31.2 Å². The molecular weight excluding hydrogens is 409 g/mol.